The zero-order valence-corrected chi connectivity index (χ0v) is 14.7. The fraction of sp³-hybridized carbons (Fsp3) is 0.714. The fourth-order valence-electron chi connectivity index (χ4n) is 1.91. The van der Waals surface area contributed by atoms with Crippen molar-refractivity contribution in [2.45, 2.75) is 50.2 Å². The molecule has 0 aliphatic carbocycles. The highest BCUT2D eigenvalue weighted by molar-refractivity contribution is 7.80. The molecule has 0 saturated carbocycles. The Hall–Kier alpha value is -1.85. The number of nitrogens with one attached hydrogen (secondary N) is 2. The number of carboxylic acid groups (broad SMARTS) is 2. The number of unbranched alkanes of at least 4 members (excludes halogenated alkanes) is 1. The lowest BCUT2D eigenvalue weighted by molar-refractivity contribution is -0.142. The Morgan fingerprint density at radius 3 is 2.04 bits per heavy atom. The second kappa shape index (κ2) is 12.5. The maximum Gasteiger partial charge on any atom is 0.326 e. The van der Waals surface area contributed by atoms with Crippen molar-refractivity contribution in [3.63, 3.8) is 0 Å². The van der Waals surface area contributed by atoms with Gasteiger partial charge in [-0.15, -0.1) is 0 Å². The van der Waals surface area contributed by atoms with Crippen LogP contribution in [-0.4, -0.2) is 64.4 Å². The Morgan fingerprint density at radius 2 is 1.56 bits per heavy atom. The predicted molar refractivity (Wildman–Crippen MR) is 93.1 cm³/mol. The number of hydrogen-bond acceptors (Lipinski definition) is 7. The van der Waals surface area contributed by atoms with Gasteiger partial charge in [-0.1, -0.05) is 0 Å². The molecule has 0 spiro atoms. The first kappa shape index (κ1) is 23.1. The van der Waals surface area contributed by atoms with Crippen molar-refractivity contribution in [3.05, 3.63) is 0 Å². The normalized spacial score (nSPS) is 14.2. The number of nitrogens with two attached hydrogens (primary N) is 2. The molecule has 0 fully saturated rings. The van der Waals surface area contributed by atoms with E-state index in [0.29, 0.717) is 19.4 Å². The monoisotopic (exact) mass is 378 g/mol. The average molecular weight is 378 g/mol. The smallest absolute Gasteiger partial charge is 0.326 e. The van der Waals surface area contributed by atoms with Crippen LogP contribution >= 0.6 is 12.6 Å². The number of amides is 2. The summed E-state index contributed by atoms with van der Waals surface area (Å²) in [5, 5.41) is 22.4. The van der Waals surface area contributed by atoms with Gasteiger partial charge in [0.1, 0.15) is 12.1 Å². The van der Waals surface area contributed by atoms with Gasteiger partial charge >= 0.3 is 11.9 Å². The summed E-state index contributed by atoms with van der Waals surface area (Å²) in [5.41, 5.74) is 10.9. The van der Waals surface area contributed by atoms with Crippen molar-refractivity contribution < 1.29 is 29.4 Å². The molecule has 144 valence electrons. The van der Waals surface area contributed by atoms with E-state index in [9.17, 15) is 19.2 Å². The molecule has 0 aromatic rings. The standard InChI is InChI=1S/C14H26N4O6S/c15-6-2-1-3-9(14(23)24)17-13(22)10(7-25)18-12(21)8(16)4-5-11(19)20/h8-10,25H,1-7,15-16H2,(H,17,22)(H,18,21)(H,19,20)(H,23,24). The summed E-state index contributed by atoms with van der Waals surface area (Å²) in [6.45, 7) is 0.420. The summed E-state index contributed by atoms with van der Waals surface area (Å²) in [5.74, 6) is -3.75. The lowest BCUT2D eigenvalue weighted by atomic mass is 10.1. The van der Waals surface area contributed by atoms with Crippen LogP contribution in [0.5, 0.6) is 0 Å². The fourth-order valence-corrected chi connectivity index (χ4v) is 2.16. The summed E-state index contributed by atoms with van der Waals surface area (Å²) in [6.07, 6.45) is 1.01. The third kappa shape index (κ3) is 9.89. The van der Waals surface area contributed by atoms with E-state index in [-0.39, 0.29) is 25.0 Å². The molecule has 0 heterocycles. The number of carbonyl (C=O) groups excluding carboxylic acids is 2. The molecule has 2 amide bonds. The second-order valence-electron chi connectivity index (χ2n) is 5.47. The SMILES string of the molecule is NCCCCC(NC(=O)C(CS)NC(=O)C(N)CCC(=O)O)C(=O)O. The molecule has 10 nitrogen and oxygen atoms in total. The van der Waals surface area contributed by atoms with E-state index in [4.69, 9.17) is 21.7 Å². The molecular formula is C14H26N4O6S. The molecule has 0 saturated heterocycles. The molecule has 0 bridgehead atoms. The van der Waals surface area contributed by atoms with Gasteiger partial charge in [0.05, 0.1) is 6.04 Å². The summed E-state index contributed by atoms with van der Waals surface area (Å²) in [6, 6.07) is -3.27. The van der Waals surface area contributed by atoms with Crippen molar-refractivity contribution >= 4 is 36.4 Å². The Balaban J connectivity index is 4.63. The van der Waals surface area contributed by atoms with Crippen molar-refractivity contribution in [1.29, 1.82) is 0 Å². The Labute approximate surface area is 151 Å². The molecule has 0 radical (unpaired) electrons. The van der Waals surface area contributed by atoms with Crippen LogP contribution in [0.3, 0.4) is 0 Å². The zero-order valence-electron chi connectivity index (χ0n) is 13.8. The third-order valence-corrected chi connectivity index (χ3v) is 3.75. The largest absolute Gasteiger partial charge is 0.481 e. The van der Waals surface area contributed by atoms with Gasteiger partial charge in [-0.05, 0) is 32.2 Å². The third-order valence-electron chi connectivity index (χ3n) is 3.38. The minimum atomic E-state index is -1.19. The minimum Gasteiger partial charge on any atom is -0.481 e. The van der Waals surface area contributed by atoms with Crippen molar-refractivity contribution in [3.8, 4) is 0 Å². The summed E-state index contributed by atoms with van der Waals surface area (Å²) >= 11 is 3.97. The van der Waals surface area contributed by atoms with E-state index < -0.39 is 41.9 Å². The molecule has 0 aliphatic heterocycles. The van der Waals surface area contributed by atoms with Crippen LogP contribution in [0, 0.1) is 0 Å². The van der Waals surface area contributed by atoms with Crippen molar-refractivity contribution in [2.24, 2.45) is 11.5 Å². The number of rotatable bonds is 13. The van der Waals surface area contributed by atoms with Crippen LogP contribution in [0.4, 0.5) is 0 Å². The molecule has 0 aliphatic rings. The molecule has 0 rings (SSSR count). The molecule has 3 atom stereocenters. The van der Waals surface area contributed by atoms with Gasteiger partial charge < -0.3 is 32.3 Å². The van der Waals surface area contributed by atoms with Crippen molar-refractivity contribution in [1.82, 2.24) is 10.6 Å². The molecule has 0 aromatic carbocycles. The summed E-state index contributed by atoms with van der Waals surface area (Å²) < 4.78 is 0. The summed E-state index contributed by atoms with van der Waals surface area (Å²) in [7, 11) is 0. The molecule has 0 aromatic heterocycles. The molecular weight excluding hydrogens is 352 g/mol. The Bertz CT molecular complexity index is 476. The first-order valence-electron chi connectivity index (χ1n) is 7.84. The lowest BCUT2D eigenvalue weighted by Gasteiger charge is -2.21. The van der Waals surface area contributed by atoms with Crippen LogP contribution in [0.2, 0.25) is 0 Å². The first-order valence-corrected chi connectivity index (χ1v) is 8.48. The number of carbonyl (C=O) groups is 4. The quantitative estimate of drug-likeness (QED) is 0.146. The first-order chi connectivity index (χ1) is 11.7. The lowest BCUT2D eigenvalue weighted by Crippen LogP contribution is -2.55. The van der Waals surface area contributed by atoms with E-state index in [0.717, 1.165) is 0 Å². The van der Waals surface area contributed by atoms with E-state index in [1.54, 1.807) is 0 Å². The highest BCUT2D eigenvalue weighted by Gasteiger charge is 2.27. The predicted octanol–water partition coefficient (Wildman–Crippen LogP) is -1.71. The number of thiol groups is 1. The van der Waals surface area contributed by atoms with Gasteiger partial charge in [0.15, 0.2) is 0 Å². The average Bonchev–Trinajstić information content (AvgIpc) is 2.55. The topological polar surface area (TPSA) is 185 Å². The van der Waals surface area contributed by atoms with Crippen LogP contribution < -0.4 is 22.1 Å². The molecule has 11 heteroatoms. The van der Waals surface area contributed by atoms with Gasteiger partial charge in [-0.3, -0.25) is 14.4 Å². The number of aliphatic carboxylic acids is 2. The maximum absolute atomic E-state index is 12.1. The highest BCUT2D eigenvalue weighted by Crippen LogP contribution is 2.03. The van der Waals surface area contributed by atoms with E-state index in [2.05, 4.69) is 23.3 Å². The van der Waals surface area contributed by atoms with Gasteiger partial charge in [0, 0.05) is 12.2 Å². The van der Waals surface area contributed by atoms with Gasteiger partial charge in [0.2, 0.25) is 11.8 Å². The van der Waals surface area contributed by atoms with E-state index in [1.807, 2.05) is 0 Å². The maximum atomic E-state index is 12.1. The number of carboxylic acids is 2. The molecule has 25 heavy (non-hydrogen) atoms. The van der Waals surface area contributed by atoms with Gasteiger partial charge in [-0.2, -0.15) is 12.6 Å². The van der Waals surface area contributed by atoms with Crippen molar-refractivity contribution in [2.75, 3.05) is 12.3 Å². The van der Waals surface area contributed by atoms with Gasteiger partial charge in [0.25, 0.3) is 0 Å². The van der Waals surface area contributed by atoms with Crippen LogP contribution in [0.25, 0.3) is 0 Å². The van der Waals surface area contributed by atoms with E-state index in [1.165, 1.54) is 0 Å². The van der Waals surface area contributed by atoms with E-state index >= 15 is 0 Å². The minimum absolute atomic E-state index is 0.0711. The Morgan fingerprint density at radius 1 is 0.960 bits per heavy atom. The second-order valence-corrected chi connectivity index (χ2v) is 5.83. The van der Waals surface area contributed by atoms with Crippen LogP contribution in [-0.2, 0) is 19.2 Å². The zero-order chi connectivity index (χ0) is 19.4. The Kier molecular flexibility index (Phi) is 11.6. The van der Waals surface area contributed by atoms with Gasteiger partial charge in [-0.25, -0.2) is 4.79 Å². The van der Waals surface area contributed by atoms with Crippen LogP contribution in [0.1, 0.15) is 32.1 Å². The molecule has 3 unspecified atom stereocenters. The highest BCUT2D eigenvalue weighted by atomic mass is 32.1. The molecule has 8 N–H and O–H groups in total. The summed E-state index contributed by atoms with van der Waals surface area (Å²) in [4.78, 5) is 45.7. The number of hydrogen-bond donors (Lipinski definition) is 7. The van der Waals surface area contributed by atoms with Crippen LogP contribution in [0.15, 0.2) is 0 Å².